The highest BCUT2D eigenvalue weighted by Gasteiger charge is 2.00. The lowest BCUT2D eigenvalue weighted by Crippen LogP contribution is -1.94. The van der Waals surface area contributed by atoms with Crippen LogP contribution in [0.2, 0.25) is 0 Å². The third kappa shape index (κ3) is 6.15. The molecule has 0 heteroatoms. The van der Waals surface area contributed by atoms with Crippen molar-refractivity contribution in [3.05, 3.63) is 11.1 Å². The number of rotatable bonds is 2. The first kappa shape index (κ1) is 13.3. The van der Waals surface area contributed by atoms with Gasteiger partial charge in [0.2, 0.25) is 0 Å². The van der Waals surface area contributed by atoms with Crippen LogP contribution in [0.4, 0.5) is 0 Å². The van der Waals surface area contributed by atoms with Crippen molar-refractivity contribution in [1.29, 1.82) is 0 Å². The summed E-state index contributed by atoms with van der Waals surface area (Å²) in [4.78, 5) is 0. The van der Waals surface area contributed by atoms with Gasteiger partial charge in [0, 0.05) is 0 Å². The lowest BCUT2D eigenvalue weighted by Gasteiger charge is -2.10. The third-order valence-corrected chi connectivity index (χ3v) is 1.72. The molecule has 0 aliphatic rings. The molecule has 0 nitrogen and oxygen atoms in total. The monoisotopic (exact) mass is 156 g/mol. The van der Waals surface area contributed by atoms with E-state index in [9.17, 15) is 0 Å². The molecule has 0 rings (SSSR count). The molecule has 0 radical (unpaired) electrons. The third-order valence-electron chi connectivity index (χ3n) is 1.72. The fourth-order valence-corrected chi connectivity index (χ4v) is 1.34. The van der Waals surface area contributed by atoms with E-state index >= 15 is 0 Å². The van der Waals surface area contributed by atoms with Crippen LogP contribution in [0.3, 0.4) is 0 Å². The summed E-state index contributed by atoms with van der Waals surface area (Å²) in [6.07, 6.45) is 1.21. The van der Waals surface area contributed by atoms with E-state index in [4.69, 9.17) is 0 Å². The van der Waals surface area contributed by atoms with Gasteiger partial charge >= 0.3 is 0 Å². The van der Waals surface area contributed by atoms with Crippen molar-refractivity contribution < 1.29 is 0 Å². The van der Waals surface area contributed by atoms with E-state index in [0.29, 0.717) is 0 Å². The summed E-state index contributed by atoms with van der Waals surface area (Å²) in [5.41, 5.74) is 3.10. The van der Waals surface area contributed by atoms with Crippen LogP contribution >= 0.6 is 0 Å². The zero-order valence-electron chi connectivity index (χ0n) is 9.28. The standard InChI is InChI=1S/C9H18.C2H6/c1-6-9(7(2)3)8(4)5;1-2/h7H,6H2,1-5H3;1-2H3. The number of hydrogen-bond acceptors (Lipinski definition) is 0. The summed E-state index contributed by atoms with van der Waals surface area (Å²) in [7, 11) is 0. The minimum atomic E-state index is 0.736. The zero-order chi connectivity index (χ0) is 9.44. The molecule has 0 aromatic rings. The second-order valence-corrected chi connectivity index (χ2v) is 3.03. The minimum Gasteiger partial charge on any atom is -0.0770 e. The van der Waals surface area contributed by atoms with Gasteiger partial charge in [-0.3, -0.25) is 0 Å². The van der Waals surface area contributed by atoms with Crippen molar-refractivity contribution in [3.63, 3.8) is 0 Å². The topological polar surface area (TPSA) is 0 Å². The summed E-state index contributed by atoms with van der Waals surface area (Å²) in [6.45, 7) is 15.1. The second-order valence-electron chi connectivity index (χ2n) is 3.03. The van der Waals surface area contributed by atoms with E-state index in [-0.39, 0.29) is 0 Å². The SMILES string of the molecule is CC.CCC(=C(C)C)C(C)C. The van der Waals surface area contributed by atoms with Crippen LogP contribution < -0.4 is 0 Å². The van der Waals surface area contributed by atoms with E-state index < -0.39 is 0 Å². The van der Waals surface area contributed by atoms with Crippen molar-refractivity contribution in [3.8, 4) is 0 Å². The fraction of sp³-hybridized carbons (Fsp3) is 0.818. The Hall–Kier alpha value is -0.260. The van der Waals surface area contributed by atoms with Gasteiger partial charge in [0.15, 0.2) is 0 Å². The summed E-state index contributed by atoms with van der Waals surface area (Å²) >= 11 is 0. The summed E-state index contributed by atoms with van der Waals surface area (Å²) in [5, 5.41) is 0. The normalized spacial score (nSPS) is 8.73. The largest absolute Gasteiger partial charge is 0.0770 e. The molecular formula is C11H24. The molecule has 11 heavy (non-hydrogen) atoms. The van der Waals surface area contributed by atoms with Crippen molar-refractivity contribution >= 4 is 0 Å². The van der Waals surface area contributed by atoms with Crippen LogP contribution in [0, 0.1) is 5.92 Å². The Morgan fingerprint density at radius 2 is 1.45 bits per heavy atom. The van der Waals surface area contributed by atoms with E-state index in [2.05, 4.69) is 34.6 Å². The van der Waals surface area contributed by atoms with Gasteiger partial charge in [0.05, 0.1) is 0 Å². The van der Waals surface area contributed by atoms with Gasteiger partial charge in [-0.1, -0.05) is 45.8 Å². The highest BCUT2D eigenvalue weighted by Crippen LogP contribution is 2.17. The Bertz CT molecular complexity index is 103. The number of allylic oxidation sites excluding steroid dienone is 2. The van der Waals surface area contributed by atoms with Gasteiger partial charge in [-0.05, 0) is 26.2 Å². The molecule has 0 amide bonds. The summed E-state index contributed by atoms with van der Waals surface area (Å²) in [5.74, 6) is 0.736. The molecule has 0 aliphatic carbocycles. The average Bonchev–Trinajstić information content (AvgIpc) is 1.91. The van der Waals surface area contributed by atoms with E-state index in [1.165, 1.54) is 12.0 Å². The Labute approximate surface area is 72.7 Å². The first-order chi connectivity index (χ1) is 5.09. The predicted octanol–water partition coefficient (Wildman–Crippen LogP) is 4.42. The van der Waals surface area contributed by atoms with Gasteiger partial charge in [-0.25, -0.2) is 0 Å². The lowest BCUT2D eigenvalue weighted by molar-refractivity contribution is 0.719. The van der Waals surface area contributed by atoms with Crippen molar-refractivity contribution in [2.75, 3.05) is 0 Å². The van der Waals surface area contributed by atoms with E-state index in [1.54, 1.807) is 5.57 Å². The average molecular weight is 156 g/mol. The maximum absolute atomic E-state index is 2.26. The molecule has 0 N–H and O–H groups in total. The highest BCUT2D eigenvalue weighted by molar-refractivity contribution is 5.11. The van der Waals surface area contributed by atoms with E-state index in [1.807, 2.05) is 13.8 Å². The smallest absolute Gasteiger partial charge is 0.0258 e. The van der Waals surface area contributed by atoms with Gasteiger partial charge in [-0.2, -0.15) is 0 Å². The zero-order valence-corrected chi connectivity index (χ0v) is 9.28. The van der Waals surface area contributed by atoms with Crippen LogP contribution in [0.15, 0.2) is 11.1 Å². The Kier molecular flexibility index (Phi) is 9.51. The molecule has 68 valence electrons. The van der Waals surface area contributed by atoms with Gasteiger partial charge < -0.3 is 0 Å². The molecule has 0 heterocycles. The van der Waals surface area contributed by atoms with Gasteiger partial charge in [0.25, 0.3) is 0 Å². The lowest BCUT2D eigenvalue weighted by atomic mass is 9.97. The molecule has 0 spiro atoms. The van der Waals surface area contributed by atoms with Crippen LogP contribution in [-0.2, 0) is 0 Å². The first-order valence-electron chi connectivity index (χ1n) is 4.75. The van der Waals surface area contributed by atoms with Crippen LogP contribution in [0.25, 0.3) is 0 Å². The van der Waals surface area contributed by atoms with Crippen molar-refractivity contribution in [1.82, 2.24) is 0 Å². The molecule has 0 bridgehead atoms. The van der Waals surface area contributed by atoms with Crippen LogP contribution in [0.5, 0.6) is 0 Å². The molecule has 0 saturated carbocycles. The predicted molar refractivity (Wildman–Crippen MR) is 54.9 cm³/mol. The maximum atomic E-state index is 2.26. The molecular weight excluding hydrogens is 132 g/mol. The Morgan fingerprint density at radius 3 is 1.45 bits per heavy atom. The highest BCUT2D eigenvalue weighted by atomic mass is 14.1. The van der Waals surface area contributed by atoms with Crippen LogP contribution in [0.1, 0.15) is 54.9 Å². The van der Waals surface area contributed by atoms with Crippen LogP contribution in [-0.4, -0.2) is 0 Å². The molecule has 0 atom stereocenters. The quantitative estimate of drug-likeness (QED) is 0.519. The molecule has 0 aromatic heterocycles. The molecule has 0 aliphatic heterocycles. The second kappa shape index (κ2) is 7.84. The molecule has 0 saturated heterocycles. The Balaban J connectivity index is 0. The summed E-state index contributed by atoms with van der Waals surface area (Å²) < 4.78 is 0. The van der Waals surface area contributed by atoms with Crippen molar-refractivity contribution in [2.24, 2.45) is 5.92 Å². The summed E-state index contributed by atoms with van der Waals surface area (Å²) in [6, 6.07) is 0. The van der Waals surface area contributed by atoms with Gasteiger partial charge in [0.1, 0.15) is 0 Å². The van der Waals surface area contributed by atoms with Gasteiger partial charge in [-0.15, -0.1) is 0 Å². The molecule has 0 unspecified atom stereocenters. The first-order valence-corrected chi connectivity index (χ1v) is 4.75. The maximum Gasteiger partial charge on any atom is -0.0258 e. The Morgan fingerprint density at radius 1 is 1.09 bits per heavy atom. The molecule has 0 fully saturated rings. The van der Waals surface area contributed by atoms with Crippen molar-refractivity contribution in [2.45, 2.75) is 54.9 Å². The fourth-order valence-electron chi connectivity index (χ4n) is 1.34. The number of hydrogen-bond donors (Lipinski definition) is 0. The minimum absolute atomic E-state index is 0.736. The molecule has 0 aromatic carbocycles. The van der Waals surface area contributed by atoms with E-state index in [0.717, 1.165) is 5.92 Å².